The topological polar surface area (TPSA) is 29.5 Å². The number of ether oxygens (including phenoxy) is 1. The van der Waals surface area contributed by atoms with Crippen LogP contribution in [0.2, 0.25) is 10.0 Å². The van der Waals surface area contributed by atoms with Crippen LogP contribution >= 0.6 is 45.8 Å². The molecular formula is C14H11Cl2IO2. The molecule has 0 amide bonds. The molecule has 2 rings (SSSR count). The Morgan fingerprint density at radius 1 is 1.00 bits per heavy atom. The molecule has 100 valence electrons. The van der Waals surface area contributed by atoms with Crippen molar-refractivity contribution in [2.24, 2.45) is 0 Å². The maximum Gasteiger partial charge on any atom is 0.139 e. The molecule has 0 saturated carbocycles. The van der Waals surface area contributed by atoms with Crippen LogP contribution in [-0.2, 0) is 13.2 Å². The van der Waals surface area contributed by atoms with Gasteiger partial charge >= 0.3 is 0 Å². The number of benzene rings is 2. The second kappa shape index (κ2) is 6.79. The van der Waals surface area contributed by atoms with E-state index in [0.29, 0.717) is 22.4 Å². The summed E-state index contributed by atoms with van der Waals surface area (Å²) < 4.78 is 6.57. The van der Waals surface area contributed by atoms with Gasteiger partial charge in [-0.05, 0) is 45.9 Å². The first-order chi connectivity index (χ1) is 9.10. The summed E-state index contributed by atoms with van der Waals surface area (Å²) in [6.45, 7) is 0.464. The monoisotopic (exact) mass is 408 g/mol. The predicted octanol–water partition coefficient (Wildman–Crippen LogP) is 4.67. The fraction of sp³-hybridized carbons (Fsp3) is 0.143. The molecule has 0 saturated heterocycles. The van der Waals surface area contributed by atoms with Gasteiger partial charge in [0.25, 0.3) is 0 Å². The van der Waals surface area contributed by atoms with Crippen LogP contribution in [0.15, 0.2) is 36.4 Å². The van der Waals surface area contributed by atoms with Crippen molar-refractivity contribution >= 4 is 45.8 Å². The van der Waals surface area contributed by atoms with Gasteiger partial charge in [0.2, 0.25) is 0 Å². The van der Waals surface area contributed by atoms with Gasteiger partial charge in [-0.3, -0.25) is 0 Å². The van der Waals surface area contributed by atoms with Crippen molar-refractivity contribution in [3.05, 3.63) is 61.1 Å². The van der Waals surface area contributed by atoms with Crippen molar-refractivity contribution in [2.45, 2.75) is 13.2 Å². The highest BCUT2D eigenvalue weighted by molar-refractivity contribution is 14.1. The van der Waals surface area contributed by atoms with Crippen LogP contribution in [0.4, 0.5) is 0 Å². The van der Waals surface area contributed by atoms with Gasteiger partial charge in [0.15, 0.2) is 0 Å². The van der Waals surface area contributed by atoms with E-state index >= 15 is 0 Å². The van der Waals surface area contributed by atoms with Gasteiger partial charge in [0.1, 0.15) is 12.4 Å². The summed E-state index contributed by atoms with van der Waals surface area (Å²) in [6.07, 6.45) is 0. The van der Waals surface area contributed by atoms with Gasteiger partial charge < -0.3 is 9.84 Å². The van der Waals surface area contributed by atoms with Crippen LogP contribution in [0.3, 0.4) is 0 Å². The van der Waals surface area contributed by atoms with Crippen molar-refractivity contribution in [1.82, 2.24) is 0 Å². The van der Waals surface area contributed by atoms with E-state index in [-0.39, 0.29) is 6.61 Å². The Bertz CT molecular complexity index is 570. The van der Waals surface area contributed by atoms with E-state index in [0.717, 1.165) is 14.7 Å². The number of aliphatic hydroxyl groups excluding tert-OH is 1. The van der Waals surface area contributed by atoms with Gasteiger partial charge in [-0.25, -0.2) is 0 Å². The predicted molar refractivity (Wildman–Crippen MR) is 85.9 cm³/mol. The molecule has 0 fully saturated rings. The van der Waals surface area contributed by atoms with Crippen molar-refractivity contribution in [1.29, 1.82) is 0 Å². The Morgan fingerprint density at radius 2 is 1.63 bits per heavy atom. The molecule has 0 aliphatic rings. The summed E-state index contributed by atoms with van der Waals surface area (Å²) in [4.78, 5) is 0. The fourth-order valence-electron chi connectivity index (χ4n) is 1.52. The van der Waals surface area contributed by atoms with Crippen molar-refractivity contribution < 1.29 is 9.84 Å². The fourth-order valence-corrected chi connectivity index (χ4v) is 2.39. The zero-order valence-electron chi connectivity index (χ0n) is 9.87. The summed E-state index contributed by atoms with van der Waals surface area (Å²) in [6, 6.07) is 11.1. The maximum absolute atomic E-state index is 8.97. The Hall–Kier alpha value is -0.490. The first-order valence-corrected chi connectivity index (χ1v) is 7.39. The minimum atomic E-state index is 0.0440. The van der Waals surface area contributed by atoms with Crippen LogP contribution < -0.4 is 4.74 Å². The summed E-state index contributed by atoms with van der Waals surface area (Å²) in [7, 11) is 0. The molecule has 2 nitrogen and oxygen atoms in total. The minimum absolute atomic E-state index is 0.0440. The molecule has 0 spiro atoms. The van der Waals surface area contributed by atoms with Crippen LogP contribution in [0.25, 0.3) is 0 Å². The van der Waals surface area contributed by atoms with Gasteiger partial charge in [0, 0.05) is 3.57 Å². The number of aliphatic hydroxyl groups is 1. The smallest absolute Gasteiger partial charge is 0.139 e. The van der Waals surface area contributed by atoms with E-state index in [1.807, 2.05) is 30.3 Å². The molecule has 0 unspecified atom stereocenters. The zero-order chi connectivity index (χ0) is 13.8. The molecule has 0 aliphatic heterocycles. The molecule has 2 aromatic rings. The normalized spacial score (nSPS) is 10.5. The van der Waals surface area contributed by atoms with Crippen molar-refractivity contribution in [3.63, 3.8) is 0 Å². The lowest BCUT2D eigenvalue weighted by molar-refractivity contribution is 0.281. The van der Waals surface area contributed by atoms with E-state index in [4.69, 9.17) is 33.0 Å². The standard InChI is InChI=1S/C14H11Cl2IO2/c15-11-5-12(16)14(6-13(11)17)19-8-10-3-1-9(7-18)2-4-10/h1-6,18H,7-8H2. The zero-order valence-corrected chi connectivity index (χ0v) is 13.5. The highest BCUT2D eigenvalue weighted by Crippen LogP contribution is 2.32. The molecule has 19 heavy (non-hydrogen) atoms. The van der Waals surface area contributed by atoms with Gasteiger partial charge in [-0.1, -0.05) is 47.5 Å². The summed E-state index contributed by atoms with van der Waals surface area (Å²) in [5, 5.41) is 10.1. The molecule has 0 aromatic heterocycles. The second-order valence-electron chi connectivity index (χ2n) is 3.96. The first kappa shape index (κ1) is 14.9. The van der Waals surface area contributed by atoms with E-state index in [9.17, 15) is 0 Å². The third kappa shape index (κ3) is 3.99. The number of halogens is 3. The molecule has 0 heterocycles. The van der Waals surface area contributed by atoms with Crippen molar-refractivity contribution in [3.8, 4) is 5.75 Å². The quantitative estimate of drug-likeness (QED) is 0.588. The summed E-state index contributed by atoms with van der Waals surface area (Å²) in [5.74, 6) is 0.613. The number of rotatable bonds is 4. The Morgan fingerprint density at radius 3 is 2.26 bits per heavy atom. The van der Waals surface area contributed by atoms with Crippen LogP contribution in [0, 0.1) is 3.57 Å². The van der Waals surface area contributed by atoms with E-state index in [1.54, 1.807) is 6.07 Å². The van der Waals surface area contributed by atoms with Crippen LogP contribution in [-0.4, -0.2) is 5.11 Å². The number of hydrogen-bond donors (Lipinski definition) is 1. The average Bonchev–Trinajstić information content (AvgIpc) is 2.42. The van der Waals surface area contributed by atoms with E-state index < -0.39 is 0 Å². The highest BCUT2D eigenvalue weighted by atomic mass is 127. The van der Waals surface area contributed by atoms with Crippen LogP contribution in [0.1, 0.15) is 11.1 Å². The lowest BCUT2D eigenvalue weighted by Gasteiger charge is -2.10. The highest BCUT2D eigenvalue weighted by Gasteiger charge is 2.07. The van der Waals surface area contributed by atoms with Gasteiger partial charge in [0.05, 0.1) is 16.7 Å². The Kier molecular flexibility index (Phi) is 5.33. The summed E-state index contributed by atoms with van der Waals surface area (Å²) in [5.41, 5.74) is 1.89. The third-order valence-corrected chi connectivity index (χ3v) is 4.39. The number of hydrogen-bond acceptors (Lipinski definition) is 2. The third-order valence-electron chi connectivity index (χ3n) is 2.57. The maximum atomic E-state index is 8.97. The van der Waals surface area contributed by atoms with Crippen molar-refractivity contribution in [2.75, 3.05) is 0 Å². The molecule has 1 N–H and O–H groups in total. The molecule has 0 aliphatic carbocycles. The Labute approximate surface area is 135 Å². The molecule has 5 heteroatoms. The summed E-state index contributed by atoms with van der Waals surface area (Å²) >= 11 is 14.2. The molecule has 0 radical (unpaired) electrons. The van der Waals surface area contributed by atoms with Gasteiger partial charge in [-0.15, -0.1) is 0 Å². The molecular weight excluding hydrogens is 398 g/mol. The minimum Gasteiger partial charge on any atom is -0.487 e. The lowest BCUT2D eigenvalue weighted by atomic mass is 10.1. The van der Waals surface area contributed by atoms with Crippen LogP contribution in [0.5, 0.6) is 5.75 Å². The SMILES string of the molecule is OCc1ccc(COc2cc(I)c(Cl)cc2Cl)cc1. The second-order valence-corrected chi connectivity index (χ2v) is 5.94. The molecule has 2 aromatic carbocycles. The Balaban J connectivity index is 2.07. The molecule has 0 atom stereocenters. The average molecular weight is 409 g/mol. The first-order valence-electron chi connectivity index (χ1n) is 5.56. The lowest BCUT2D eigenvalue weighted by Crippen LogP contribution is -1.97. The van der Waals surface area contributed by atoms with E-state index in [1.165, 1.54) is 0 Å². The largest absolute Gasteiger partial charge is 0.487 e. The molecule has 0 bridgehead atoms. The van der Waals surface area contributed by atoms with E-state index in [2.05, 4.69) is 22.6 Å². The van der Waals surface area contributed by atoms with Gasteiger partial charge in [-0.2, -0.15) is 0 Å².